The van der Waals surface area contributed by atoms with Gasteiger partial charge < -0.3 is 20.4 Å². The fourth-order valence-corrected chi connectivity index (χ4v) is 3.64. The molecule has 150 valence electrons. The predicted octanol–water partition coefficient (Wildman–Crippen LogP) is 3.29. The number of carboxylic acid groups (broad SMARTS) is 1. The lowest BCUT2D eigenvalue weighted by Crippen LogP contribution is -2.23. The first kappa shape index (κ1) is 22.9. The molecule has 1 saturated carbocycles. The van der Waals surface area contributed by atoms with Gasteiger partial charge in [0.05, 0.1) is 12.2 Å². The van der Waals surface area contributed by atoms with Gasteiger partial charge in [0.2, 0.25) is 0 Å². The van der Waals surface area contributed by atoms with Crippen LogP contribution in [-0.4, -0.2) is 45.2 Å². The van der Waals surface area contributed by atoms with E-state index in [4.69, 9.17) is 5.11 Å². The summed E-state index contributed by atoms with van der Waals surface area (Å²) in [6.45, 7) is 2.06. The molecule has 1 rings (SSSR count). The zero-order valence-corrected chi connectivity index (χ0v) is 16.0. The van der Waals surface area contributed by atoms with Gasteiger partial charge in [0, 0.05) is 24.9 Å². The lowest BCUT2D eigenvalue weighted by Gasteiger charge is -2.21. The highest BCUT2D eigenvalue weighted by Gasteiger charge is 2.32. The molecule has 0 amide bonds. The largest absolute Gasteiger partial charge is 0.481 e. The second-order valence-electron chi connectivity index (χ2n) is 7.44. The molecule has 0 bridgehead atoms. The van der Waals surface area contributed by atoms with Gasteiger partial charge in [0.25, 0.3) is 0 Å². The van der Waals surface area contributed by atoms with E-state index in [2.05, 4.69) is 13.0 Å². The minimum atomic E-state index is -0.763. The van der Waals surface area contributed by atoms with Crippen molar-refractivity contribution in [2.24, 2.45) is 17.8 Å². The second kappa shape index (κ2) is 13.1. The summed E-state index contributed by atoms with van der Waals surface area (Å²) in [7, 11) is 0. The minimum absolute atomic E-state index is 0.0266. The Morgan fingerprint density at radius 3 is 2.65 bits per heavy atom. The van der Waals surface area contributed by atoms with Gasteiger partial charge in [-0.15, -0.1) is 0 Å². The monoisotopic (exact) mass is 368 g/mol. The number of carbonyl (C=O) groups is 1. The molecule has 0 radical (unpaired) electrons. The highest BCUT2D eigenvalue weighted by atomic mass is 16.4. The van der Waals surface area contributed by atoms with Crippen molar-refractivity contribution in [3.05, 3.63) is 24.3 Å². The molecule has 5 atom stereocenters. The zero-order valence-electron chi connectivity index (χ0n) is 16.0. The molecule has 0 saturated heterocycles. The normalized spacial score (nSPS) is 25.9. The Morgan fingerprint density at radius 2 is 2.00 bits per heavy atom. The maximum absolute atomic E-state index is 10.5. The van der Waals surface area contributed by atoms with Crippen LogP contribution < -0.4 is 0 Å². The first-order valence-electron chi connectivity index (χ1n) is 10.0. The molecule has 26 heavy (non-hydrogen) atoms. The fourth-order valence-electron chi connectivity index (χ4n) is 3.64. The minimum Gasteiger partial charge on any atom is -0.481 e. The molecule has 1 fully saturated rings. The maximum Gasteiger partial charge on any atom is 0.303 e. The number of rotatable bonds is 13. The standard InChI is InChI=1S/C21H36O5/c1-2-3-8-17(15-22)19(23)14-12-18-16(11-13-20(18)24)9-6-4-5-7-10-21(25)26/h4,6,12,14,16-20,22-24H,2-3,5,7-11,13,15H2,1H3,(H,25,26)/b6-4-,14-12+/t16-,17?,18+,19+,20+/m0/s1. The average Bonchev–Trinajstić information content (AvgIpc) is 2.96. The van der Waals surface area contributed by atoms with Crippen molar-refractivity contribution < 1.29 is 25.2 Å². The lowest BCUT2D eigenvalue weighted by molar-refractivity contribution is -0.137. The van der Waals surface area contributed by atoms with Crippen molar-refractivity contribution in [2.75, 3.05) is 6.61 Å². The third-order valence-electron chi connectivity index (χ3n) is 5.37. The molecule has 0 spiro atoms. The third kappa shape index (κ3) is 8.47. The van der Waals surface area contributed by atoms with E-state index in [9.17, 15) is 20.1 Å². The molecule has 0 heterocycles. The molecule has 5 nitrogen and oxygen atoms in total. The van der Waals surface area contributed by atoms with Crippen molar-refractivity contribution in [2.45, 2.75) is 76.9 Å². The van der Waals surface area contributed by atoms with Gasteiger partial charge in [-0.25, -0.2) is 0 Å². The second-order valence-corrected chi connectivity index (χ2v) is 7.44. The van der Waals surface area contributed by atoms with Gasteiger partial charge in [0.1, 0.15) is 0 Å². The van der Waals surface area contributed by atoms with E-state index in [0.717, 1.165) is 44.9 Å². The third-order valence-corrected chi connectivity index (χ3v) is 5.37. The van der Waals surface area contributed by atoms with E-state index >= 15 is 0 Å². The summed E-state index contributed by atoms with van der Waals surface area (Å²) < 4.78 is 0. The molecular weight excluding hydrogens is 332 g/mol. The zero-order chi connectivity index (χ0) is 19.4. The molecule has 5 heteroatoms. The summed E-state index contributed by atoms with van der Waals surface area (Å²) in [5.41, 5.74) is 0. The molecule has 0 aliphatic heterocycles. The van der Waals surface area contributed by atoms with E-state index in [1.807, 2.05) is 12.2 Å². The van der Waals surface area contributed by atoms with Crippen molar-refractivity contribution >= 4 is 5.97 Å². The van der Waals surface area contributed by atoms with Crippen LogP contribution in [0.1, 0.15) is 64.7 Å². The van der Waals surface area contributed by atoms with Crippen molar-refractivity contribution in [3.8, 4) is 0 Å². The van der Waals surface area contributed by atoms with E-state index in [0.29, 0.717) is 12.3 Å². The SMILES string of the molecule is CCCCC(CO)[C@H](O)/C=C/[C@@H]1[C@@H](C/C=C\CCCC(=O)O)CC[C@H]1O. The molecule has 0 aromatic carbocycles. The van der Waals surface area contributed by atoms with Crippen molar-refractivity contribution in [1.29, 1.82) is 0 Å². The van der Waals surface area contributed by atoms with Crippen LogP contribution in [-0.2, 0) is 4.79 Å². The lowest BCUT2D eigenvalue weighted by atomic mass is 9.89. The maximum atomic E-state index is 10.5. The highest BCUT2D eigenvalue weighted by Crippen LogP contribution is 2.36. The molecule has 0 aromatic heterocycles. The highest BCUT2D eigenvalue weighted by molar-refractivity contribution is 5.66. The van der Waals surface area contributed by atoms with Crippen LogP contribution in [0, 0.1) is 17.8 Å². The van der Waals surface area contributed by atoms with Crippen LogP contribution in [0.25, 0.3) is 0 Å². The van der Waals surface area contributed by atoms with Crippen LogP contribution >= 0.6 is 0 Å². The summed E-state index contributed by atoms with van der Waals surface area (Å²) in [5.74, 6) is -0.537. The van der Waals surface area contributed by atoms with Gasteiger partial charge in [-0.2, -0.15) is 0 Å². The first-order valence-corrected chi connectivity index (χ1v) is 10.0. The van der Waals surface area contributed by atoms with Gasteiger partial charge in [0.15, 0.2) is 0 Å². The molecule has 4 N–H and O–H groups in total. The Balaban J connectivity index is 2.48. The molecular formula is C21H36O5. The number of hydrogen-bond donors (Lipinski definition) is 4. The Bertz CT molecular complexity index is 446. The fraction of sp³-hybridized carbons (Fsp3) is 0.762. The Labute approximate surface area is 157 Å². The Hall–Kier alpha value is -1.17. The molecule has 1 aliphatic rings. The van der Waals surface area contributed by atoms with Crippen LogP contribution in [0.2, 0.25) is 0 Å². The Kier molecular flexibility index (Phi) is 11.5. The van der Waals surface area contributed by atoms with E-state index in [1.165, 1.54) is 0 Å². The van der Waals surface area contributed by atoms with Gasteiger partial charge in [-0.1, -0.05) is 44.1 Å². The summed E-state index contributed by atoms with van der Waals surface area (Å²) in [6.07, 6.45) is 13.7. The first-order chi connectivity index (χ1) is 12.5. The van der Waals surface area contributed by atoms with Gasteiger partial charge in [-0.05, 0) is 44.4 Å². The number of aliphatic carboxylic acids is 1. The summed E-state index contributed by atoms with van der Waals surface area (Å²) >= 11 is 0. The van der Waals surface area contributed by atoms with E-state index in [-0.39, 0.29) is 31.0 Å². The number of unbranched alkanes of at least 4 members (excludes halogenated alkanes) is 2. The van der Waals surface area contributed by atoms with Crippen molar-refractivity contribution in [1.82, 2.24) is 0 Å². The Morgan fingerprint density at radius 1 is 1.23 bits per heavy atom. The summed E-state index contributed by atoms with van der Waals surface area (Å²) in [6, 6.07) is 0. The van der Waals surface area contributed by atoms with Crippen LogP contribution in [0.5, 0.6) is 0 Å². The van der Waals surface area contributed by atoms with Crippen molar-refractivity contribution in [3.63, 3.8) is 0 Å². The summed E-state index contributed by atoms with van der Waals surface area (Å²) in [4.78, 5) is 10.5. The number of aliphatic hydroxyl groups excluding tert-OH is 3. The summed E-state index contributed by atoms with van der Waals surface area (Å²) in [5, 5.41) is 38.6. The van der Waals surface area contributed by atoms with Crippen LogP contribution in [0.15, 0.2) is 24.3 Å². The number of aliphatic hydroxyl groups is 3. The molecule has 1 unspecified atom stereocenters. The number of hydrogen-bond acceptors (Lipinski definition) is 4. The number of allylic oxidation sites excluding steroid dienone is 2. The van der Waals surface area contributed by atoms with Crippen LogP contribution in [0.4, 0.5) is 0 Å². The quantitative estimate of drug-likeness (QED) is 0.295. The van der Waals surface area contributed by atoms with E-state index in [1.54, 1.807) is 6.08 Å². The smallest absolute Gasteiger partial charge is 0.303 e. The molecule has 1 aliphatic carbocycles. The van der Waals surface area contributed by atoms with Crippen LogP contribution in [0.3, 0.4) is 0 Å². The topological polar surface area (TPSA) is 98.0 Å². The van der Waals surface area contributed by atoms with Gasteiger partial charge >= 0.3 is 5.97 Å². The number of carboxylic acids is 1. The molecule has 0 aromatic rings. The van der Waals surface area contributed by atoms with E-state index < -0.39 is 12.1 Å². The van der Waals surface area contributed by atoms with Gasteiger partial charge in [-0.3, -0.25) is 4.79 Å². The average molecular weight is 369 g/mol. The predicted molar refractivity (Wildman–Crippen MR) is 103 cm³/mol.